The van der Waals surface area contributed by atoms with Crippen LogP contribution in [0.4, 0.5) is 0 Å². The van der Waals surface area contributed by atoms with Gasteiger partial charge >= 0.3 is 23.1 Å². The first-order chi connectivity index (χ1) is 9.18. The van der Waals surface area contributed by atoms with Crippen molar-refractivity contribution >= 4 is 23.1 Å². The van der Waals surface area contributed by atoms with Gasteiger partial charge in [-0.1, -0.05) is 12.2 Å². The molecular weight excluding hydrogens is 320 g/mol. The summed E-state index contributed by atoms with van der Waals surface area (Å²) in [4.78, 5) is 36.0. The molecule has 0 aliphatic heterocycles. The summed E-state index contributed by atoms with van der Waals surface area (Å²) in [6.45, 7) is 13.3. The summed E-state index contributed by atoms with van der Waals surface area (Å²) >= 11 is 0. The maximum Gasteiger partial charge on any atom is 0.306 e. The van der Waals surface area contributed by atoms with Gasteiger partial charge in [-0.3, -0.25) is 19.2 Å². The Kier molecular flexibility index (Phi) is 16.0. The zero-order valence-corrected chi connectivity index (χ0v) is 14.2. The van der Waals surface area contributed by atoms with Crippen LogP contribution in [0.2, 0.25) is 0 Å². The Morgan fingerprint density at radius 1 is 0.714 bits per heavy atom. The molecule has 4 nitrogen and oxygen atoms in total. The van der Waals surface area contributed by atoms with E-state index in [2.05, 4.69) is 13.2 Å². The molecule has 4 N–H and O–H groups in total. The number of hydrogen-bond donors (Lipinski definition) is 0. The molecule has 0 aliphatic rings. The molecule has 0 saturated carbocycles. The summed E-state index contributed by atoms with van der Waals surface area (Å²) in [5.74, 6) is 0.467. The Balaban J connectivity index is -0.000000295. The maximum absolute atomic E-state index is 9.00. The van der Waals surface area contributed by atoms with Gasteiger partial charge in [0, 0.05) is 44.8 Å². The van der Waals surface area contributed by atoms with Crippen LogP contribution in [0.3, 0.4) is 0 Å². The van der Waals surface area contributed by atoms with E-state index in [1.165, 1.54) is 0 Å². The average Bonchev–Trinajstić information content (AvgIpc) is 2.32. The van der Waals surface area contributed by atoms with E-state index in [1.54, 1.807) is 39.8 Å². The SMILES string of the molecule is C=CCC(C(C)=[OH+])C(C)=[OH+].C=CCC(C(C)=[OH+])C(C)=[OH+].[Cu]. The largest absolute Gasteiger partial charge is 0.306 e. The van der Waals surface area contributed by atoms with Crippen LogP contribution in [0.1, 0.15) is 40.5 Å². The van der Waals surface area contributed by atoms with E-state index in [-0.39, 0.29) is 52.0 Å². The fourth-order valence-corrected chi connectivity index (χ4v) is 1.62. The van der Waals surface area contributed by atoms with Crippen molar-refractivity contribution in [2.45, 2.75) is 40.5 Å². The van der Waals surface area contributed by atoms with Crippen LogP contribution in [0.25, 0.3) is 0 Å². The minimum absolute atomic E-state index is 0. The van der Waals surface area contributed by atoms with E-state index in [1.807, 2.05) is 0 Å². The molecule has 0 aliphatic carbocycles. The standard InChI is InChI=1S/2C8H12O2.Cu/c2*1-4-5-8(6(2)9)7(3)10;/h2*4,8H,1,5H2,2-3H3;/p+4. The Morgan fingerprint density at radius 2 is 0.905 bits per heavy atom. The second kappa shape index (κ2) is 13.7. The van der Waals surface area contributed by atoms with Gasteiger partial charge in [0.15, 0.2) is 11.8 Å². The zero-order valence-electron chi connectivity index (χ0n) is 13.2. The average molecular weight is 348 g/mol. The van der Waals surface area contributed by atoms with Crippen molar-refractivity contribution in [3.63, 3.8) is 0 Å². The first-order valence-electron chi connectivity index (χ1n) is 6.50. The van der Waals surface area contributed by atoms with Crippen molar-refractivity contribution in [2.75, 3.05) is 0 Å². The predicted octanol–water partition coefficient (Wildman–Crippen LogP) is 2.61. The molecule has 0 aromatic carbocycles. The molecule has 0 amide bonds. The molecule has 0 rings (SSSR count). The van der Waals surface area contributed by atoms with E-state index in [0.717, 1.165) is 0 Å². The molecule has 0 heterocycles. The Bertz CT molecular complexity index is 333. The Labute approximate surface area is 137 Å². The van der Waals surface area contributed by atoms with Crippen molar-refractivity contribution < 1.29 is 36.2 Å². The summed E-state index contributed by atoms with van der Waals surface area (Å²) < 4.78 is 0. The van der Waals surface area contributed by atoms with Crippen LogP contribution in [0, 0.1) is 11.8 Å². The summed E-state index contributed by atoms with van der Waals surface area (Å²) in [6, 6.07) is 0. The predicted molar refractivity (Wildman–Crippen MR) is 87.1 cm³/mol. The topological polar surface area (TPSA) is 85.6 Å². The molecule has 0 fully saturated rings. The van der Waals surface area contributed by atoms with Crippen LogP contribution in [-0.2, 0) is 17.1 Å². The smallest absolute Gasteiger partial charge is 0.283 e. The van der Waals surface area contributed by atoms with Gasteiger partial charge in [0.25, 0.3) is 0 Å². The molecule has 0 aromatic heterocycles. The van der Waals surface area contributed by atoms with Gasteiger partial charge in [0.2, 0.25) is 0 Å². The number of hydrogen-bond acceptors (Lipinski definition) is 0. The van der Waals surface area contributed by atoms with E-state index in [4.69, 9.17) is 19.2 Å². The summed E-state index contributed by atoms with van der Waals surface area (Å²) in [5.41, 5.74) is 0. The number of ketones is 4. The van der Waals surface area contributed by atoms with Crippen molar-refractivity contribution in [1.82, 2.24) is 0 Å². The van der Waals surface area contributed by atoms with E-state index < -0.39 is 0 Å². The molecule has 0 aromatic rings. The van der Waals surface area contributed by atoms with Gasteiger partial charge in [-0.25, -0.2) is 0 Å². The normalized spacial score (nSPS) is 11.6. The van der Waals surface area contributed by atoms with Crippen molar-refractivity contribution in [3.8, 4) is 0 Å². The third-order valence-corrected chi connectivity index (χ3v) is 2.82. The fraction of sp³-hybridized carbons (Fsp3) is 0.500. The van der Waals surface area contributed by atoms with E-state index in [9.17, 15) is 0 Å². The third kappa shape index (κ3) is 12.2. The molecule has 21 heavy (non-hydrogen) atoms. The minimum Gasteiger partial charge on any atom is -0.283 e. The second-order valence-electron chi connectivity index (χ2n) is 4.72. The van der Waals surface area contributed by atoms with Gasteiger partial charge in [-0.15, -0.1) is 13.2 Å². The van der Waals surface area contributed by atoms with Gasteiger partial charge in [0.05, 0.1) is 0 Å². The molecule has 0 saturated heterocycles. The maximum atomic E-state index is 9.00. The Morgan fingerprint density at radius 3 is 0.952 bits per heavy atom. The molecule has 0 bridgehead atoms. The number of allylic oxidation sites excluding steroid dienone is 2. The van der Waals surface area contributed by atoms with Gasteiger partial charge < -0.3 is 0 Å². The van der Waals surface area contributed by atoms with Gasteiger partial charge in [-0.2, -0.15) is 0 Å². The number of carbonyl (C=O) groups excluding carboxylic acids is 4. The monoisotopic (exact) mass is 347 g/mol. The first kappa shape index (κ1) is 24.7. The molecular formula is C16H28CuO4+4. The molecule has 123 valence electrons. The summed E-state index contributed by atoms with van der Waals surface area (Å²) in [7, 11) is 0. The van der Waals surface area contributed by atoms with Crippen LogP contribution in [0.5, 0.6) is 0 Å². The molecule has 0 unspecified atom stereocenters. The minimum atomic E-state index is -0.238. The number of rotatable bonds is 8. The fourth-order valence-electron chi connectivity index (χ4n) is 1.62. The molecule has 1 radical (unpaired) electrons. The van der Waals surface area contributed by atoms with E-state index >= 15 is 0 Å². The molecule has 0 spiro atoms. The summed E-state index contributed by atoms with van der Waals surface area (Å²) in [5, 5.41) is 0. The summed E-state index contributed by atoms with van der Waals surface area (Å²) in [6.07, 6.45) is 4.52. The van der Waals surface area contributed by atoms with Crippen LogP contribution < -0.4 is 0 Å². The van der Waals surface area contributed by atoms with Crippen molar-refractivity contribution in [1.29, 1.82) is 0 Å². The van der Waals surface area contributed by atoms with Gasteiger partial charge in [0.1, 0.15) is 0 Å². The van der Waals surface area contributed by atoms with Gasteiger partial charge in [-0.05, 0) is 12.8 Å². The Hall–Kier alpha value is -1.32. The third-order valence-electron chi connectivity index (χ3n) is 2.82. The zero-order chi connectivity index (χ0) is 16.3. The van der Waals surface area contributed by atoms with Crippen LogP contribution >= 0.6 is 0 Å². The molecule has 0 atom stereocenters. The van der Waals surface area contributed by atoms with E-state index in [0.29, 0.717) is 12.8 Å². The van der Waals surface area contributed by atoms with Crippen LogP contribution in [0.15, 0.2) is 25.3 Å². The molecule has 5 heteroatoms. The van der Waals surface area contributed by atoms with Crippen molar-refractivity contribution in [2.24, 2.45) is 11.8 Å². The quantitative estimate of drug-likeness (QED) is 0.280. The first-order valence-corrected chi connectivity index (χ1v) is 6.50. The van der Waals surface area contributed by atoms with Crippen molar-refractivity contribution in [3.05, 3.63) is 25.3 Å². The van der Waals surface area contributed by atoms with Crippen LogP contribution in [-0.4, -0.2) is 42.3 Å². The second-order valence-corrected chi connectivity index (χ2v) is 4.72.